The number of hydrogen-bond acceptors (Lipinski definition) is 4. The summed E-state index contributed by atoms with van der Waals surface area (Å²) in [6.07, 6.45) is 20.1. The average molecular weight is 449 g/mol. The van der Waals surface area contributed by atoms with Crippen molar-refractivity contribution in [3.8, 4) is 23.5 Å². The summed E-state index contributed by atoms with van der Waals surface area (Å²) in [5.41, 5.74) is 0. The van der Waals surface area contributed by atoms with Crippen LogP contribution in [-0.4, -0.2) is 29.6 Å². The predicted octanol–water partition coefficient (Wildman–Crippen LogP) is 7.05. The highest BCUT2D eigenvalue weighted by Gasteiger charge is 2.05. The van der Waals surface area contributed by atoms with Crippen LogP contribution in [0.1, 0.15) is 103 Å². The quantitative estimate of drug-likeness (QED) is 0.173. The van der Waals surface area contributed by atoms with Crippen LogP contribution in [0.15, 0.2) is 24.3 Å². The van der Waals surface area contributed by atoms with Crippen LogP contribution in [0, 0.1) is 0 Å². The molecule has 0 saturated carbocycles. The standard InChI is InChI=1S/C26H44N2O4/c29-23-17-18-24(30)27(23)21-15-13-11-9-7-5-3-1-2-4-6-8-10-12-14-16-22-28-25(31)19-20-26(28)32/h17-20,29-32H,1-16,21-22H2. The van der Waals surface area contributed by atoms with Gasteiger partial charge >= 0.3 is 0 Å². The second kappa shape index (κ2) is 15.5. The summed E-state index contributed by atoms with van der Waals surface area (Å²) in [6, 6.07) is 6.13. The van der Waals surface area contributed by atoms with Gasteiger partial charge in [0, 0.05) is 37.4 Å². The molecule has 0 amide bonds. The molecule has 0 aliphatic heterocycles. The maximum absolute atomic E-state index is 9.60. The van der Waals surface area contributed by atoms with Gasteiger partial charge in [0.25, 0.3) is 0 Å². The third-order valence-electron chi connectivity index (χ3n) is 6.38. The van der Waals surface area contributed by atoms with Crippen LogP contribution < -0.4 is 0 Å². The Morgan fingerprint density at radius 3 is 0.750 bits per heavy atom. The number of aromatic nitrogens is 2. The molecule has 0 aromatic carbocycles. The van der Waals surface area contributed by atoms with Crippen molar-refractivity contribution in [1.29, 1.82) is 0 Å². The number of hydrogen-bond donors (Lipinski definition) is 4. The van der Waals surface area contributed by atoms with Crippen molar-refractivity contribution < 1.29 is 20.4 Å². The lowest BCUT2D eigenvalue weighted by molar-refractivity contribution is 0.360. The summed E-state index contributed by atoms with van der Waals surface area (Å²) in [6.45, 7) is 1.38. The minimum absolute atomic E-state index is 0.148. The summed E-state index contributed by atoms with van der Waals surface area (Å²) >= 11 is 0. The molecule has 2 aromatic rings. The van der Waals surface area contributed by atoms with Gasteiger partial charge in [-0.15, -0.1) is 0 Å². The van der Waals surface area contributed by atoms with Crippen molar-refractivity contribution in [3.05, 3.63) is 24.3 Å². The van der Waals surface area contributed by atoms with Crippen LogP contribution in [0.2, 0.25) is 0 Å². The topological polar surface area (TPSA) is 90.8 Å². The molecule has 6 heteroatoms. The molecular formula is C26H44N2O4. The molecule has 0 fully saturated rings. The maximum Gasteiger partial charge on any atom is 0.193 e. The van der Waals surface area contributed by atoms with Gasteiger partial charge in [-0.3, -0.25) is 9.13 Å². The molecule has 2 heterocycles. The van der Waals surface area contributed by atoms with Crippen LogP contribution in [0.25, 0.3) is 0 Å². The Morgan fingerprint density at radius 2 is 0.531 bits per heavy atom. The summed E-state index contributed by atoms with van der Waals surface area (Å²) < 4.78 is 3.12. The molecule has 0 saturated heterocycles. The van der Waals surface area contributed by atoms with Crippen molar-refractivity contribution in [3.63, 3.8) is 0 Å². The van der Waals surface area contributed by atoms with Crippen molar-refractivity contribution >= 4 is 0 Å². The summed E-state index contributed by atoms with van der Waals surface area (Å²) in [5.74, 6) is 0.592. The van der Waals surface area contributed by atoms with Crippen LogP contribution in [0.5, 0.6) is 23.5 Å². The third kappa shape index (κ3) is 9.92. The largest absolute Gasteiger partial charge is 0.494 e. The van der Waals surface area contributed by atoms with Crippen LogP contribution in [0.4, 0.5) is 0 Å². The molecular weight excluding hydrogens is 404 g/mol. The molecule has 0 aliphatic carbocycles. The zero-order valence-corrected chi connectivity index (χ0v) is 19.7. The monoisotopic (exact) mass is 448 g/mol. The number of nitrogens with zero attached hydrogens (tertiary/aromatic N) is 2. The van der Waals surface area contributed by atoms with E-state index in [0.29, 0.717) is 13.1 Å². The number of aromatic hydroxyl groups is 4. The maximum atomic E-state index is 9.60. The highest BCUT2D eigenvalue weighted by Crippen LogP contribution is 2.23. The summed E-state index contributed by atoms with van der Waals surface area (Å²) in [7, 11) is 0. The number of unbranched alkanes of at least 4 members (excludes halogenated alkanes) is 15. The summed E-state index contributed by atoms with van der Waals surface area (Å²) in [4.78, 5) is 0. The first kappa shape index (κ1) is 26.0. The first-order valence-electron chi connectivity index (χ1n) is 12.7. The molecule has 4 N–H and O–H groups in total. The van der Waals surface area contributed by atoms with Crippen LogP contribution in [0.3, 0.4) is 0 Å². The highest BCUT2D eigenvalue weighted by atomic mass is 16.3. The van der Waals surface area contributed by atoms with E-state index < -0.39 is 0 Å². The second-order valence-electron chi connectivity index (χ2n) is 9.06. The van der Waals surface area contributed by atoms with E-state index in [1.807, 2.05) is 0 Å². The first-order valence-corrected chi connectivity index (χ1v) is 12.7. The van der Waals surface area contributed by atoms with E-state index >= 15 is 0 Å². The fourth-order valence-corrected chi connectivity index (χ4v) is 4.37. The predicted molar refractivity (Wildman–Crippen MR) is 129 cm³/mol. The van der Waals surface area contributed by atoms with Crippen LogP contribution >= 0.6 is 0 Å². The van der Waals surface area contributed by atoms with Crippen molar-refractivity contribution in [2.45, 2.75) is 116 Å². The van der Waals surface area contributed by atoms with Gasteiger partial charge in [-0.05, 0) is 12.8 Å². The Balaban J connectivity index is 1.27. The number of rotatable bonds is 19. The smallest absolute Gasteiger partial charge is 0.193 e. The van der Waals surface area contributed by atoms with Crippen molar-refractivity contribution in [2.75, 3.05) is 0 Å². The van der Waals surface area contributed by atoms with Gasteiger partial charge in [0.15, 0.2) is 23.5 Å². The normalized spacial score (nSPS) is 11.4. The minimum Gasteiger partial charge on any atom is -0.494 e. The van der Waals surface area contributed by atoms with Gasteiger partial charge in [0.2, 0.25) is 0 Å². The average Bonchev–Trinajstić information content (AvgIpc) is 3.27. The highest BCUT2D eigenvalue weighted by molar-refractivity contribution is 5.24. The van der Waals surface area contributed by atoms with E-state index in [1.165, 1.54) is 101 Å². The molecule has 0 bridgehead atoms. The van der Waals surface area contributed by atoms with Crippen LogP contribution in [-0.2, 0) is 13.1 Å². The minimum atomic E-state index is 0.148. The molecule has 0 aliphatic rings. The zero-order valence-electron chi connectivity index (χ0n) is 19.7. The van der Waals surface area contributed by atoms with E-state index in [4.69, 9.17) is 0 Å². The van der Waals surface area contributed by atoms with E-state index in [0.717, 1.165) is 25.7 Å². The van der Waals surface area contributed by atoms with E-state index in [-0.39, 0.29) is 23.5 Å². The fraction of sp³-hybridized carbons (Fsp3) is 0.692. The lowest BCUT2D eigenvalue weighted by Gasteiger charge is -2.07. The molecule has 182 valence electrons. The van der Waals surface area contributed by atoms with Gasteiger partial charge in [-0.1, -0.05) is 89.9 Å². The lowest BCUT2D eigenvalue weighted by Crippen LogP contribution is -1.96. The Labute approximate surface area is 193 Å². The Hall–Kier alpha value is -2.24. The Kier molecular flexibility index (Phi) is 12.6. The van der Waals surface area contributed by atoms with Crippen molar-refractivity contribution in [2.24, 2.45) is 0 Å². The van der Waals surface area contributed by atoms with E-state index in [2.05, 4.69) is 0 Å². The van der Waals surface area contributed by atoms with E-state index in [1.54, 1.807) is 9.13 Å². The molecule has 32 heavy (non-hydrogen) atoms. The lowest BCUT2D eigenvalue weighted by atomic mass is 10.0. The zero-order chi connectivity index (χ0) is 23.0. The van der Waals surface area contributed by atoms with Gasteiger partial charge in [-0.2, -0.15) is 0 Å². The SMILES string of the molecule is Oc1ccc(O)n1CCCCCCCCCCCCCCCCCCn1c(O)ccc1O. The fourth-order valence-electron chi connectivity index (χ4n) is 4.37. The second-order valence-corrected chi connectivity index (χ2v) is 9.06. The van der Waals surface area contributed by atoms with Gasteiger partial charge < -0.3 is 20.4 Å². The van der Waals surface area contributed by atoms with Gasteiger partial charge in [0.05, 0.1) is 0 Å². The molecule has 0 unspecified atom stereocenters. The van der Waals surface area contributed by atoms with E-state index in [9.17, 15) is 20.4 Å². The first-order chi connectivity index (χ1) is 15.6. The molecule has 2 aromatic heterocycles. The van der Waals surface area contributed by atoms with Crippen molar-refractivity contribution in [1.82, 2.24) is 9.13 Å². The summed E-state index contributed by atoms with van der Waals surface area (Å²) in [5, 5.41) is 38.4. The Bertz CT molecular complexity index is 637. The molecule has 6 nitrogen and oxygen atoms in total. The molecule has 0 atom stereocenters. The third-order valence-corrected chi connectivity index (χ3v) is 6.38. The van der Waals surface area contributed by atoms with Gasteiger partial charge in [0.1, 0.15) is 0 Å². The molecule has 2 rings (SSSR count). The Morgan fingerprint density at radius 1 is 0.344 bits per heavy atom. The van der Waals surface area contributed by atoms with Gasteiger partial charge in [-0.25, -0.2) is 0 Å². The molecule has 0 spiro atoms. The molecule has 0 radical (unpaired) electrons.